The summed E-state index contributed by atoms with van der Waals surface area (Å²) in [6, 6.07) is 17.0. The molecule has 35 heavy (non-hydrogen) atoms. The van der Waals surface area contributed by atoms with Crippen LogP contribution < -0.4 is 4.74 Å². The van der Waals surface area contributed by atoms with Gasteiger partial charge in [-0.15, -0.1) is 0 Å². The van der Waals surface area contributed by atoms with Gasteiger partial charge in [0.1, 0.15) is 11.5 Å². The van der Waals surface area contributed by atoms with E-state index in [4.69, 9.17) is 4.74 Å². The Labute approximate surface area is 206 Å². The summed E-state index contributed by atoms with van der Waals surface area (Å²) >= 11 is 0. The summed E-state index contributed by atoms with van der Waals surface area (Å²) < 4.78 is 5.49. The van der Waals surface area contributed by atoms with Crippen molar-refractivity contribution in [2.24, 2.45) is 5.92 Å². The molecule has 0 radical (unpaired) electrons. The van der Waals surface area contributed by atoms with Crippen molar-refractivity contribution in [1.29, 1.82) is 0 Å². The molecule has 2 fully saturated rings. The van der Waals surface area contributed by atoms with Crippen molar-refractivity contribution in [1.82, 2.24) is 9.80 Å². The number of amides is 3. The van der Waals surface area contributed by atoms with Crippen molar-refractivity contribution in [2.45, 2.75) is 43.9 Å². The van der Waals surface area contributed by atoms with Gasteiger partial charge in [0.2, 0.25) is 17.7 Å². The third-order valence-electron chi connectivity index (χ3n) is 7.35. The maximum atomic E-state index is 13.5. The van der Waals surface area contributed by atoms with Gasteiger partial charge in [0.25, 0.3) is 0 Å². The zero-order valence-corrected chi connectivity index (χ0v) is 20.4. The lowest BCUT2D eigenvalue weighted by Gasteiger charge is -2.35. The Morgan fingerprint density at radius 3 is 2.46 bits per heavy atom. The Kier molecular flexibility index (Phi) is 7.34. The molecule has 3 amide bonds. The van der Waals surface area contributed by atoms with E-state index < -0.39 is 11.3 Å². The van der Waals surface area contributed by atoms with Gasteiger partial charge >= 0.3 is 0 Å². The van der Waals surface area contributed by atoms with Gasteiger partial charge in [0.05, 0.1) is 12.5 Å². The van der Waals surface area contributed by atoms with E-state index in [1.165, 1.54) is 14.2 Å². The molecule has 0 N–H and O–H groups in total. The first-order valence-electron chi connectivity index (χ1n) is 12.1. The summed E-state index contributed by atoms with van der Waals surface area (Å²) in [6.07, 6.45) is 2.41. The number of piperidine rings is 1. The molecule has 7 nitrogen and oxygen atoms in total. The molecule has 2 aliphatic rings. The number of benzene rings is 2. The molecule has 4 rings (SSSR count). The minimum atomic E-state index is -1.31. The van der Waals surface area contributed by atoms with Gasteiger partial charge in [-0.3, -0.25) is 24.1 Å². The Bertz CT molecular complexity index is 1120. The Hall–Kier alpha value is -3.48. The minimum absolute atomic E-state index is 0.0816. The fraction of sp³-hybridized carbons (Fsp3) is 0.429. The third kappa shape index (κ3) is 4.99. The number of methoxy groups -OCH3 is 1. The van der Waals surface area contributed by atoms with Crippen LogP contribution in [0.25, 0.3) is 0 Å². The Morgan fingerprint density at radius 2 is 1.77 bits per heavy atom. The molecule has 7 heteroatoms. The highest BCUT2D eigenvalue weighted by molar-refractivity contribution is 6.10. The quantitative estimate of drug-likeness (QED) is 0.547. The van der Waals surface area contributed by atoms with Crippen LogP contribution in [-0.2, 0) is 31.0 Å². The van der Waals surface area contributed by atoms with E-state index in [2.05, 4.69) is 0 Å². The van der Waals surface area contributed by atoms with E-state index in [-0.39, 0.29) is 36.4 Å². The standard InChI is InChI=1S/C28H32N2O5/c1-29-25(32)17-28(27(29)34,22-12-6-7-13-24(22)35-2)18-26(33)30-16-8-11-21(19-30)23(31)15-14-20-9-4-3-5-10-20/h3-7,9-10,12-13,21H,8,11,14-19H2,1-2H3/t21-,28+/m0/s1. The first-order valence-corrected chi connectivity index (χ1v) is 12.1. The molecule has 2 aromatic carbocycles. The van der Waals surface area contributed by atoms with Gasteiger partial charge in [-0.25, -0.2) is 0 Å². The van der Waals surface area contributed by atoms with E-state index in [0.717, 1.165) is 23.3 Å². The fourth-order valence-electron chi connectivity index (χ4n) is 5.32. The lowest BCUT2D eigenvalue weighted by atomic mass is 9.75. The molecule has 2 aliphatic heterocycles. The number of aryl methyl sites for hydroxylation is 1. The largest absolute Gasteiger partial charge is 0.496 e. The average molecular weight is 477 g/mol. The highest BCUT2D eigenvalue weighted by Gasteiger charge is 2.54. The van der Waals surface area contributed by atoms with E-state index in [0.29, 0.717) is 37.2 Å². The van der Waals surface area contributed by atoms with E-state index in [9.17, 15) is 19.2 Å². The van der Waals surface area contributed by atoms with Crippen LogP contribution in [0.1, 0.15) is 43.2 Å². The first kappa shape index (κ1) is 24.6. The fourth-order valence-corrected chi connectivity index (χ4v) is 5.32. The van der Waals surface area contributed by atoms with Crippen molar-refractivity contribution in [2.75, 3.05) is 27.2 Å². The summed E-state index contributed by atoms with van der Waals surface area (Å²) in [5, 5.41) is 0. The van der Waals surface area contributed by atoms with Crippen LogP contribution in [0, 0.1) is 5.92 Å². The smallest absolute Gasteiger partial charge is 0.240 e. The number of carbonyl (C=O) groups excluding carboxylic acids is 4. The molecule has 2 heterocycles. The summed E-state index contributed by atoms with van der Waals surface area (Å²) in [6.45, 7) is 0.897. The highest BCUT2D eigenvalue weighted by Crippen LogP contribution is 2.43. The second-order valence-electron chi connectivity index (χ2n) is 9.52. The third-order valence-corrected chi connectivity index (χ3v) is 7.35. The van der Waals surface area contributed by atoms with Crippen molar-refractivity contribution < 1.29 is 23.9 Å². The first-order chi connectivity index (χ1) is 16.9. The maximum Gasteiger partial charge on any atom is 0.240 e. The molecule has 0 spiro atoms. The van der Waals surface area contributed by atoms with Crippen LogP contribution in [0.3, 0.4) is 0 Å². The molecule has 2 atom stereocenters. The number of ketones is 1. The predicted molar refractivity (Wildman–Crippen MR) is 131 cm³/mol. The van der Waals surface area contributed by atoms with Crippen LogP contribution in [0.4, 0.5) is 0 Å². The van der Waals surface area contributed by atoms with Crippen molar-refractivity contribution in [3.63, 3.8) is 0 Å². The number of hydrogen-bond donors (Lipinski definition) is 0. The number of likely N-dealkylation sites (N-methyl/N-ethyl adjacent to an activating group) is 1. The van der Waals surface area contributed by atoms with Crippen LogP contribution in [-0.4, -0.2) is 60.6 Å². The SMILES string of the molecule is COc1ccccc1[C@]1(CC(=O)N2CCC[C@H](C(=O)CCc3ccccc3)C2)CC(=O)N(C)C1=O. The maximum absolute atomic E-state index is 13.5. The number of carbonyl (C=O) groups is 4. The van der Waals surface area contributed by atoms with Gasteiger partial charge in [-0.1, -0.05) is 48.5 Å². The van der Waals surface area contributed by atoms with Gasteiger partial charge < -0.3 is 9.64 Å². The number of ether oxygens (including phenoxy) is 1. The van der Waals surface area contributed by atoms with Crippen molar-refractivity contribution >= 4 is 23.5 Å². The van der Waals surface area contributed by atoms with E-state index in [1.807, 2.05) is 30.3 Å². The summed E-state index contributed by atoms with van der Waals surface area (Å²) in [5.74, 6) is -0.494. The summed E-state index contributed by atoms with van der Waals surface area (Å²) in [5.41, 5.74) is 0.364. The molecule has 0 unspecified atom stereocenters. The second kappa shape index (κ2) is 10.4. The van der Waals surface area contributed by atoms with Crippen molar-refractivity contribution in [3.8, 4) is 5.75 Å². The molecular formula is C28H32N2O5. The minimum Gasteiger partial charge on any atom is -0.496 e. The second-order valence-corrected chi connectivity index (χ2v) is 9.52. The number of hydrogen-bond acceptors (Lipinski definition) is 5. The number of rotatable bonds is 8. The van der Waals surface area contributed by atoms with E-state index >= 15 is 0 Å². The zero-order valence-electron chi connectivity index (χ0n) is 20.4. The average Bonchev–Trinajstić information content (AvgIpc) is 3.11. The summed E-state index contributed by atoms with van der Waals surface area (Å²) in [7, 11) is 2.96. The highest BCUT2D eigenvalue weighted by atomic mass is 16.5. The molecular weight excluding hydrogens is 444 g/mol. The van der Waals surface area contributed by atoms with Crippen LogP contribution in [0.15, 0.2) is 54.6 Å². The van der Waals surface area contributed by atoms with Crippen LogP contribution in [0.2, 0.25) is 0 Å². The van der Waals surface area contributed by atoms with Crippen molar-refractivity contribution in [3.05, 3.63) is 65.7 Å². The lowest BCUT2D eigenvalue weighted by molar-refractivity contribution is -0.142. The molecule has 0 aromatic heterocycles. The molecule has 2 aromatic rings. The van der Waals surface area contributed by atoms with Crippen LogP contribution in [0.5, 0.6) is 5.75 Å². The molecule has 0 bridgehead atoms. The summed E-state index contributed by atoms with van der Waals surface area (Å²) in [4.78, 5) is 55.2. The number of imide groups is 1. The number of para-hydroxylation sites is 1. The normalized spacial score (nSPS) is 22.4. The van der Waals surface area contributed by atoms with Gasteiger partial charge in [-0.2, -0.15) is 0 Å². The number of Topliss-reactive ketones (excluding diaryl/α,β-unsaturated/α-hetero) is 1. The topological polar surface area (TPSA) is 84.0 Å². The van der Waals surface area contributed by atoms with Crippen LogP contribution >= 0.6 is 0 Å². The van der Waals surface area contributed by atoms with Gasteiger partial charge in [0.15, 0.2) is 0 Å². The number of nitrogens with zero attached hydrogens (tertiary/aromatic N) is 2. The number of likely N-dealkylation sites (tertiary alicyclic amines) is 2. The molecule has 0 saturated carbocycles. The monoisotopic (exact) mass is 476 g/mol. The zero-order chi connectivity index (χ0) is 25.0. The predicted octanol–water partition coefficient (Wildman–Crippen LogP) is 3.15. The lowest BCUT2D eigenvalue weighted by Crippen LogP contribution is -2.47. The molecule has 2 saturated heterocycles. The van der Waals surface area contributed by atoms with E-state index in [1.54, 1.807) is 29.2 Å². The molecule has 184 valence electrons. The molecule has 0 aliphatic carbocycles. The Morgan fingerprint density at radius 1 is 1.06 bits per heavy atom. The Balaban J connectivity index is 1.50. The van der Waals surface area contributed by atoms with Gasteiger partial charge in [0, 0.05) is 50.9 Å². The van der Waals surface area contributed by atoms with Gasteiger partial charge in [-0.05, 0) is 30.9 Å².